The number of benzene rings is 1. The third-order valence-corrected chi connectivity index (χ3v) is 3.73. The topological polar surface area (TPSA) is 33.2 Å². The van der Waals surface area contributed by atoms with Crippen molar-refractivity contribution in [1.29, 1.82) is 0 Å². The van der Waals surface area contributed by atoms with Crippen molar-refractivity contribution in [1.82, 2.24) is 9.88 Å². The van der Waals surface area contributed by atoms with E-state index in [0.29, 0.717) is 5.56 Å². The number of likely N-dealkylation sites (tertiary alicyclic amines) is 1. The first-order chi connectivity index (χ1) is 9.34. The molecule has 3 nitrogen and oxygen atoms in total. The van der Waals surface area contributed by atoms with E-state index in [1.165, 1.54) is 12.8 Å². The highest BCUT2D eigenvalue weighted by Gasteiger charge is 2.17. The Morgan fingerprint density at radius 1 is 1.05 bits per heavy atom. The molecule has 3 heteroatoms. The minimum absolute atomic E-state index is 0.125. The van der Waals surface area contributed by atoms with Crippen LogP contribution in [0.1, 0.15) is 36.0 Å². The predicted molar refractivity (Wildman–Crippen MR) is 76.1 cm³/mol. The molecule has 0 radical (unpaired) electrons. The Morgan fingerprint density at radius 2 is 1.79 bits per heavy atom. The second-order valence-electron chi connectivity index (χ2n) is 5.12. The molecule has 0 saturated carbocycles. The first-order valence-corrected chi connectivity index (χ1v) is 6.99. The summed E-state index contributed by atoms with van der Waals surface area (Å²) in [6.07, 6.45) is 6.41. The second-order valence-corrected chi connectivity index (χ2v) is 5.12. The molecule has 0 aliphatic carbocycles. The van der Waals surface area contributed by atoms with E-state index in [4.69, 9.17) is 0 Å². The van der Waals surface area contributed by atoms with Crippen molar-refractivity contribution < 1.29 is 4.79 Å². The van der Waals surface area contributed by atoms with Crippen LogP contribution in [0.25, 0.3) is 10.9 Å². The maximum atomic E-state index is 12.5. The maximum absolute atomic E-state index is 12.5. The van der Waals surface area contributed by atoms with Crippen LogP contribution in [0.5, 0.6) is 0 Å². The van der Waals surface area contributed by atoms with Crippen LogP contribution in [0.3, 0.4) is 0 Å². The average Bonchev–Trinajstić information content (AvgIpc) is 2.75. The summed E-state index contributed by atoms with van der Waals surface area (Å²) in [5.74, 6) is 0.125. The van der Waals surface area contributed by atoms with Gasteiger partial charge in [-0.15, -0.1) is 0 Å². The van der Waals surface area contributed by atoms with Gasteiger partial charge in [0.15, 0.2) is 0 Å². The van der Waals surface area contributed by atoms with Gasteiger partial charge in [-0.2, -0.15) is 0 Å². The second kappa shape index (κ2) is 5.39. The van der Waals surface area contributed by atoms with Crippen molar-refractivity contribution in [2.24, 2.45) is 0 Å². The average molecular weight is 254 g/mol. The fourth-order valence-electron chi connectivity index (χ4n) is 2.64. The molecule has 1 amide bonds. The third-order valence-electron chi connectivity index (χ3n) is 3.73. The minimum Gasteiger partial charge on any atom is -0.339 e. The summed E-state index contributed by atoms with van der Waals surface area (Å²) in [4.78, 5) is 18.8. The molecule has 3 rings (SSSR count). The van der Waals surface area contributed by atoms with Gasteiger partial charge in [-0.3, -0.25) is 9.78 Å². The number of carbonyl (C=O) groups is 1. The largest absolute Gasteiger partial charge is 0.339 e. The highest BCUT2D eigenvalue weighted by atomic mass is 16.2. The quantitative estimate of drug-likeness (QED) is 0.782. The number of amides is 1. The van der Waals surface area contributed by atoms with Gasteiger partial charge in [0, 0.05) is 24.7 Å². The smallest absolute Gasteiger partial charge is 0.255 e. The van der Waals surface area contributed by atoms with Crippen LogP contribution in [-0.4, -0.2) is 28.9 Å². The lowest BCUT2D eigenvalue weighted by Crippen LogP contribution is -2.31. The molecule has 1 fully saturated rings. The fourth-order valence-corrected chi connectivity index (χ4v) is 2.64. The molecular formula is C16H18N2O. The van der Waals surface area contributed by atoms with Gasteiger partial charge < -0.3 is 4.90 Å². The van der Waals surface area contributed by atoms with Crippen LogP contribution in [0.2, 0.25) is 0 Å². The van der Waals surface area contributed by atoms with Crippen molar-refractivity contribution in [2.45, 2.75) is 25.7 Å². The molecular weight excluding hydrogens is 236 g/mol. The van der Waals surface area contributed by atoms with E-state index in [2.05, 4.69) is 4.98 Å². The van der Waals surface area contributed by atoms with Crippen molar-refractivity contribution in [3.63, 3.8) is 0 Å². The van der Waals surface area contributed by atoms with Crippen LogP contribution in [0.15, 0.2) is 36.5 Å². The van der Waals surface area contributed by atoms with E-state index in [1.54, 1.807) is 6.20 Å². The molecule has 0 bridgehead atoms. The van der Waals surface area contributed by atoms with Crippen molar-refractivity contribution in [3.05, 3.63) is 42.1 Å². The number of para-hydroxylation sites is 1. The number of rotatable bonds is 1. The first-order valence-electron chi connectivity index (χ1n) is 6.99. The number of carbonyl (C=O) groups excluding carboxylic acids is 1. The van der Waals surface area contributed by atoms with Crippen LogP contribution >= 0.6 is 0 Å². The van der Waals surface area contributed by atoms with Crippen molar-refractivity contribution in [3.8, 4) is 0 Å². The maximum Gasteiger partial charge on any atom is 0.255 e. The summed E-state index contributed by atoms with van der Waals surface area (Å²) in [6.45, 7) is 1.76. The Morgan fingerprint density at radius 3 is 2.58 bits per heavy atom. The highest BCUT2D eigenvalue weighted by molar-refractivity contribution is 5.97. The van der Waals surface area contributed by atoms with Gasteiger partial charge in [-0.05, 0) is 25.0 Å². The molecule has 98 valence electrons. The van der Waals surface area contributed by atoms with Gasteiger partial charge in [0.25, 0.3) is 5.91 Å². The zero-order chi connectivity index (χ0) is 13.1. The van der Waals surface area contributed by atoms with Crippen molar-refractivity contribution >= 4 is 16.8 Å². The number of nitrogens with zero attached hydrogens (tertiary/aromatic N) is 2. The summed E-state index contributed by atoms with van der Waals surface area (Å²) in [5.41, 5.74) is 1.65. The van der Waals surface area contributed by atoms with Gasteiger partial charge in [-0.1, -0.05) is 31.0 Å². The first kappa shape index (κ1) is 12.2. The molecule has 19 heavy (non-hydrogen) atoms. The van der Waals surface area contributed by atoms with E-state index < -0.39 is 0 Å². The Kier molecular flexibility index (Phi) is 3.45. The van der Waals surface area contributed by atoms with Gasteiger partial charge in [0.05, 0.1) is 11.1 Å². The lowest BCUT2D eigenvalue weighted by molar-refractivity contribution is 0.0761. The highest BCUT2D eigenvalue weighted by Crippen LogP contribution is 2.16. The fraction of sp³-hybridized carbons (Fsp3) is 0.375. The molecule has 1 aromatic heterocycles. The van der Waals surface area contributed by atoms with E-state index in [9.17, 15) is 4.79 Å². The minimum atomic E-state index is 0.125. The monoisotopic (exact) mass is 254 g/mol. The number of hydrogen-bond donors (Lipinski definition) is 0. The van der Waals surface area contributed by atoms with Gasteiger partial charge in [0.1, 0.15) is 0 Å². The summed E-state index contributed by atoms with van der Waals surface area (Å²) < 4.78 is 0. The lowest BCUT2D eigenvalue weighted by Gasteiger charge is -2.20. The lowest BCUT2D eigenvalue weighted by atomic mass is 10.1. The standard InChI is InChI=1S/C16H18N2O/c19-16(18-9-5-1-2-6-10-18)14-11-13-7-3-4-8-15(13)17-12-14/h3-4,7-8,11-12H,1-2,5-6,9-10H2. The van der Waals surface area contributed by atoms with E-state index in [1.807, 2.05) is 35.2 Å². The Balaban J connectivity index is 1.88. The molecule has 0 spiro atoms. The number of aromatic nitrogens is 1. The Labute approximate surface area is 113 Å². The predicted octanol–water partition coefficient (Wildman–Crippen LogP) is 3.25. The molecule has 0 N–H and O–H groups in total. The third kappa shape index (κ3) is 2.60. The molecule has 2 aromatic rings. The summed E-state index contributed by atoms with van der Waals surface area (Å²) >= 11 is 0. The molecule has 1 aromatic carbocycles. The molecule has 2 heterocycles. The summed E-state index contributed by atoms with van der Waals surface area (Å²) in [6, 6.07) is 9.86. The van der Waals surface area contributed by atoms with Crippen LogP contribution in [-0.2, 0) is 0 Å². The number of hydrogen-bond acceptors (Lipinski definition) is 2. The zero-order valence-electron chi connectivity index (χ0n) is 11.0. The zero-order valence-corrected chi connectivity index (χ0v) is 11.0. The number of fused-ring (bicyclic) bond motifs is 1. The summed E-state index contributed by atoms with van der Waals surface area (Å²) in [5, 5.41) is 1.03. The molecule has 0 unspecified atom stereocenters. The number of pyridine rings is 1. The normalized spacial score (nSPS) is 16.3. The van der Waals surface area contributed by atoms with E-state index in [0.717, 1.165) is 36.8 Å². The SMILES string of the molecule is O=C(c1cnc2ccccc2c1)N1CCCCCC1. The van der Waals surface area contributed by atoms with Crippen LogP contribution < -0.4 is 0 Å². The van der Waals surface area contributed by atoms with Gasteiger partial charge >= 0.3 is 0 Å². The Hall–Kier alpha value is -1.90. The van der Waals surface area contributed by atoms with Crippen LogP contribution in [0, 0.1) is 0 Å². The van der Waals surface area contributed by atoms with Crippen LogP contribution in [0.4, 0.5) is 0 Å². The Bertz CT molecular complexity index is 586. The molecule has 0 atom stereocenters. The van der Waals surface area contributed by atoms with E-state index in [-0.39, 0.29) is 5.91 Å². The van der Waals surface area contributed by atoms with Gasteiger partial charge in [0.2, 0.25) is 0 Å². The molecule has 1 saturated heterocycles. The molecule has 1 aliphatic heterocycles. The van der Waals surface area contributed by atoms with Crippen molar-refractivity contribution in [2.75, 3.05) is 13.1 Å². The molecule has 1 aliphatic rings. The van der Waals surface area contributed by atoms with Gasteiger partial charge in [-0.25, -0.2) is 0 Å². The summed E-state index contributed by atoms with van der Waals surface area (Å²) in [7, 11) is 0. The van der Waals surface area contributed by atoms with E-state index >= 15 is 0 Å².